The van der Waals surface area contributed by atoms with Crippen LogP contribution in [0.15, 0.2) is 36.0 Å². The van der Waals surface area contributed by atoms with Crippen molar-refractivity contribution in [2.75, 3.05) is 6.54 Å². The maximum Gasteiger partial charge on any atom is 0.170 e. The van der Waals surface area contributed by atoms with Gasteiger partial charge < -0.3 is 20.8 Å². The third-order valence-electron chi connectivity index (χ3n) is 7.15. The number of hydrogen-bond acceptors (Lipinski definition) is 3. The van der Waals surface area contributed by atoms with Crippen molar-refractivity contribution in [3.63, 3.8) is 0 Å². The first kappa shape index (κ1) is 29.8. The molecule has 0 radical (unpaired) electrons. The summed E-state index contributed by atoms with van der Waals surface area (Å²) in [6.45, 7) is 3.13. The van der Waals surface area contributed by atoms with E-state index in [-0.39, 0.29) is 0 Å². The molecular formula is C30H50N2O2S. The van der Waals surface area contributed by atoms with Crippen molar-refractivity contribution in [3.05, 3.63) is 47.2 Å². The average Bonchev–Trinajstić information content (AvgIpc) is 2.85. The molecule has 0 bridgehead atoms. The highest BCUT2D eigenvalue weighted by molar-refractivity contribution is 7.80. The van der Waals surface area contributed by atoms with Crippen LogP contribution in [0.3, 0.4) is 0 Å². The minimum Gasteiger partial charge on any atom is -0.388 e. The molecule has 2 unspecified atom stereocenters. The molecule has 0 saturated carbocycles. The zero-order valence-corrected chi connectivity index (χ0v) is 22.9. The Bertz CT molecular complexity index is 737. The second-order valence-corrected chi connectivity index (χ2v) is 10.6. The van der Waals surface area contributed by atoms with Gasteiger partial charge in [0.15, 0.2) is 5.11 Å². The van der Waals surface area contributed by atoms with Gasteiger partial charge in [0.1, 0.15) is 6.10 Å². The van der Waals surface area contributed by atoms with Crippen molar-refractivity contribution < 1.29 is 10.2 Å². The van der Waals surface area contributed by atoms with Crippen LogP contribution in [0.5, 0.6) is 0 Å². The number of hydrogen-bond donors (Lipinski definition) is 4. The number of fused-ring (bicyclic) bond motifs is 1. The number of benzene rings is 1. The van der Waals surface area contributed by atoms with Crippen molar-refractivity contribution in [3.8, 4) is 0 Å². The topological polar surface area (TPSA) is 64.5 Å². The van der Waals surface area contributed by atoms with Gasteiger partial charge in [0, 0.05) is 24.7 Å². The van der Waals surface area contributed by atoms with Gasteiger partial charge in [0.2, 0.25) is 0 Å². The summed E-state index contributed by atoms with van der Waals surface area (Å²) >= 11 is 5.36. The zero-order chi connectivity index (χ0) is 25.1. The molecule has 2 atom stereocenters. The van der Waals surface area contributed by atoms with Crippen LogP contribution < -0.4 is 10.6 Å². The van der Waals surface area contributed by atoms with Crippen LogP contribution >= 0.6 is 12.2 Å². The molecule has 0 spiro atoms. The SMILES string of the molecule is CCCCCCCCCCCCCCCCCCNC(=S)N/C=C1/C(O)Cc2ccccc2C1O. The maximum atomic E-state index is 10.6. The number of thiocarbonyl (C=S) groups is 1. The Morgan fingerprint density at radius 3 is 1.91 bits per heavy atom. The molecule has 1 aliphatic carbocycles. The lowest BCUT2D eigenvalue weighted by molar-refractivity contribution is 0.131. The second kappa shape index (κ2) is 18.8. The molecule has 0 aromatic heterocycles. The molecule has 0 aliphatic heterocycles. The molecule has 1 aromatic rings. The summed E-state index contributed by atoms with van der Waals surface area (Å²) in [7, 11) is 0. The third-order valence-corrected chi connectivity index (χ3v) is 7.41. The Morgan fingerprint density at radius 2 is 1.34 bits per heavy atom. The van der Waals surface area contributed by atoms with E-state index in [9.17, 15) is 10.2 Å². The predicted octanol–water partition coefficient (Wildman–Crippen LogP) is 7.25. The van der Waals surface area contributed by atoms with Crippen LogP contribution in [-0.4, -0.2) is 28.0 Å². The second-order valence-electron chi connectivity index (χ2n) is 10.2. The van der Waals surface area contributed by atoms with Gasteiger partial charge >= 0.3 is 0 Å². The number of aliphatic hydroxyl groups is 2. The average molecular weight is 503 g/mol. The quantitative estimate of drug-likeness (QED) is 0.126. The van der Waals surface area contributed by atoms with Gasteiger partial charge in [0.25, 0.3) is 0 Å². The van der Waals surface area contributed by atoms with E-state index in [0.29, 0.717) is 17.1 Å². The van der Waals surface area contributed by atoms with E-state index in [1.807, 2.05) is 24.3 Å². The summed E-state index contributed by atoms with van der Waals surface area (Å²) in [6, 6.07) is 7.71. The Hall–Kier alpha value is -1.43. The Labute approximate surface area is 220 Å². The minimum absolute atomic E-state index is 0.514. The van der Waals surface area contributed by atoms with Gasteiger partial charge in [-0.2, -0.15) is 0 Å². The highest BCUT2D eigenvalue weighted by Gasteiger charge is 2.28. The monoisotopic (exact) mass is 502 g/mol. The lowest BCUT2D eigenvalue weighted by Crippen LogP contribution is -2.34. The molecule has 0 heterocycles. The van der Waals surface area contributed by atoms with Crippen LogP contribution in [0.4, 0.5) is 0 Å². The fourth-order valence-corrected chi connectivity index (χ4v) is 5.09. The third kappa shape index (κ3) is 12.4. The standard InChI is InChI=1S/C30H50N2O2S/c1-2-3-4-5-6-7-8-9-10-11-12-13-14-15-16-19-22-31-30(35)32-24-27-28(33)23-25-20-17-18-21-26(25)29(27)34/h17-18,20-21,24,28-29,33-34H,2-16,19,22-23H2,1H3,(H2,31,32,35)/b27-24-. The van der Waals surface area contributed by atoms with Crippen LogP contribution in [0.25, 0.3) is 0 Å². The van der Waals surface area contributed by atoms with Crippen molar-refractivity contribution in [1.29, 1.82) is 0 Å². The van der Waals surface area contributed by atoms with E-state index in [1.165, 1.54) is 96.3 Å². The zero-order valence-electron chi connectivity index (χ0n) is 22.1. The van der Waals surface area contributed by atoms with Crippen molar-refractivity contribution >= 4 is 17.3 Å². The number of rotatable bonds is 18. The molecule has 0 amide bonds. The minimum atomic E-state index is -0.800. The van der Waals surface area contributed by atoms with E-state index in [2.05, 4.69) is 17.6 Å². The normalized spacial score (nSPS) is 18.4. The molecule has 0 fully saturated rings. The molecule has 4 N–H and O–H groups in total. The smallest absolute Gasteiger partial charge is 0.170 e. The summed E-state index contributed by atoms with van der Waals surface area (Å²) in [4.78, 5) is 0. The first-order chi connectivity index (χ1) is 17.1. The number of nitrogens with one attached hydrogen (secondary N) is 2. The summed E-state index contributed by atoms with van der Waals surface area (Å²) in [5.41, 5.74) is 2.42. The van der Waals surface area contributed by atoms with Crippen molar-refractivity contribution in [1.82, 2.24) is 10.6 Å². The van der Waals surface area contributed by atoms with Gasteiger partial charge in [0.05, 0.1) is 6.10 Å². The molecule has 198 valence electrons. The Balaban J connectivity index is 1.41. The first-order valence-electron chi connectivity index (χ1n) is 14.3. The van der Waals surface area contributed by atoms with E-state index < -0.39 is 12.2 Å². The molecule has 1 aromatic carbocycles. The van der Waals surface area contributed by atoms with Crippen LogP contribution in [0, 0.1) is 0 Å². The molecule has 1 aliphatic rings. The molecule has 2 rings (SSSR count). The van der Waals surface area contributed by atoms with Crippen molar-refractivity contribution in [2.45, 2.75) is 128 Å². The van der Waals surface area contributed by atoms with Gasteiger partial charge in [-0.3, -0.25) is 0 Å². The van der Waals surface area contributed by atoms with E-state index >= 15 is 0 Å². The van der Waals surface area contributed by atoms with Gasteiger partial charge in [-0.25, -0.2) is 0 Å². The number of unbranched alkanes of at least 4 members (excludes halogenated alkanes) is 15. The summed E-state index contributed by atoms with van der Waals surface area (Å²) in [5, 5.41) is 27.8. The summed E-state index contributed by atoms with van der Waals surface area (Å²) in [5.74, 6) is 0. The van der Waals surface area contributed by atoms with E-state index in [0.717, 1.165) is 24.1 Å². The Morgan fingerprint density at radius 1 is 0.829 bits per heavy atom. The highest BCUT2D eigenvalue weighted by Crippen LogP contribution is 2.33. The van der Waals surface area contributed by atoms with E-state index in [1.54, 1.807) is 6.20 Å². The lowest BCUT2D eigenvalue weighted by atomic mass is 9.84. The maximum absolute atomic E-state index is 10.6. The van der Waals surface area contributed by atoms with Crippen molar-refractivity contribution in [2.24, 2.45) is 0 Å². The van der Waals surface area contributed by atoms with Crippen LogP contribution in [-0.2, 0) is 6.42 Å². The van der Waals surface area contributed by atoms with Gasteiger partial charge in [-0.05, 0) is 29.8 Å². The Kier molecular flexibility index (Phi) is 16.0. The summed E-state index contributed by atoms with van der Waals surface area (Å²) in [6.07, 6.45) is 22.6. The predicted molar refractivity (Wildman–Crippen MR) is 152 cm³/mol. The fourth-order valence-electron chi connectivity index (χ4n) is 4.92. The largest absolute Gasteiger partial charge is 0.388 e. The highest BCUT2D eigenvalue weighted by atomic mass is 32.1. The molecule has 35 heavy (non-hydrogen) atoms. The lowest BCUT2D eigenvalue weighted by Gasteiger charge is -2.28. The summed E-state index contributed by atoms with van der Waals surface area (Å²) < 4.78 is 0. The van der Waals surface area contributed by atoms with Gasteiger partial charge in [-0.15, -0.1) is 0 Å². The number of aliphatic hydroxyl groups excluding tert-OH is 2. The van der Waals surface area contributed by atoms with E-state index in [4.69, 9.17) is 12.2 Å². The molecule has 4 nitrogen and oxygen atoms in total. The first-order valence-corrected chi connectivity index (χ1v) is 14.7. The molecule has 0 saturated heterocycles. The fraction of sp³-hybridized carbons (Fsp3) is 0.700. The molecular weight excluding hydrogens is 452 g/mol. The van der Waals surface area contributed by atoms with Gasteiger partial charge in [-0.1, -0.05) is 128 Å². The van der Waals surface area contributed by atoms with Crippen LogP contribution in [0.2, 0.25) is 0 Å². The molecule has 5 heteroatoms. The van der Waals surface area contributed by atoms with Crippen LogP contribution in [0.1, 0.15) is 127 Å².